The Kier molecular flexibility index (Phi) is 6.19. The smallest absolute Gasteiger partial charge is 0.279 e. The van der Waals surface area contributed by atoms with E-state index in [4.69, 9.17) is 23.2 Å². The molecule has 0 unspecified atom stereocenters. The number of hydrogen-bond donors (Lipinski definition) is 1. The molecule has 0 bridgehead atoms. The standard InChI is InChI=1S/C20H14BrCl2N5OS/c1-11-18(26-27-28(11)14-5-3-13(22)4-6-14)19(29)25-20-24-10-15(30-20)8-12-2-7-16(21)17(23)9-12/h2-7,9-10H,8H2,1H3,(H,24,25,29). The van der Waals surface area contributed by atoms with Gasteiger partial charge in [-0.05, 0) is 64.8 Å². The van der Waals surface area contributed by atoms with Crippen molar-refractivity contribution in [1.82, 2.24) is 20.0 Å². The molecule has 4 aromatic rings. The van der Waals surface area contributed by atoms with E-state index in [1.807, 2.05) is 30.3 Å². The lowest BCUT2D eigenvalue weighted by atomic mass is 10.1. The fraction of sp³-hybridized carbons (Fsp3) is 0.100. The van der Waals surface area contributed by atoms with Crippen molar-refractivity contribution >= 4 is 61.5 Å². The highest BCUT2D eigenvalue weighted by Gasteiger charge is 2.19. The number of nitrogens with zero attached hydrogens (tertiary/aromatic N) is 4. The summed E-state index contributed by atoms with van der Waals surface area (Å²) in [5, 5.41) is 12.7. The monoisotopic (exact) mass is 521 g/mol. The maximum atomic E-state index is 12.7. The van der Waals surface area contributed by atoms with Gasteiger partial charge in [0.05, 0.1) is 16.4 Å². The van der Waals surface area contributed by atoms with Gasteiger partial charge in [-0.3, -0.25) is 10.1 Å². The van der Waals surface area contributed by atoms with Crippen LogP contribution in [0, 0.1) is 6.92 Å². The highest BCUT2D eigenvalue weighted by Crippen LogP contribution is 2.27. The average molecular weight is 523 g/mol. The van der Waals surface area contributed by atoms with Gasteiger partial charge in [0.15, 0.2) is 10.8 Å². The van der Waals surface area contributed by atoms with Gasteiger partial charge in [-0.1, -0.05) is 34.5 Å². The number of rotatable bonds is 5. The van der Waals surface area contributed by atoms with Crippen LogP contribution in [0.15, 0.2) is 53.1 Å². The minimum absolute atomic E-state index is 0.237. The number of carbonyl (C=O) groups is 1. The van der Waals surface area contributed by atoms with Gasteiger partial charge in [-0.25, -0.2) is 9.67 Å². The molecule has 0 aliphatic heterocycles. The van der Waals surface area contributed by atoms with Crippen molar-refractivity contribution in [2.75, 3.05) is 5.32 Å². The van der Waals surface area contributed by atoms with Gasteiger partial charge in [0.1, 0.15) is 0 Å². The van der Waals surface area contributed by atoms with Crippen LogP contribution in [-0.4, -0.2) is 25.9 Å². The van der Waals surface area contributed by atoms with Crippen molar-refractivity contribution in [2.24, 2.45) is 0 Å². The molecule has 1 N–H and O–H groups in total. The first-order valence-electron chi connectivity index (χ1n) is 8.79. The lowest BCUT2D eigenvalue weighted by Crippen LogP contribution is -2.14. The second-order valence-electron chi connectivity index (χ2n) is 6.42. The summed E-state index contributed by atoms with van der Waals surface area (Å²) in [7, 11) is 0. The molecule has 0 atom stereocenters. The zero-order valence-corrected chi connectivity index (χ0v) is 19.5. The number of benzene rings is 2. The van der Waals surface area contributed by atoms with Crippen LogP contribution in [0.4, 0.5) is 5.13 Å². The molecular formula is C20H14BrCl2N5OS. The number of thiazole rings is 1. The maximum absolute atomic E-state index is 12.7. The highest BCUT2D eigenvalue weighted by molar-refractivity contribution is 9.10. The summed E-state index contributed by atoms with van der Waals surface area (Å²) in [6.07, 6.45) is 2.42. The Balaban J connectivity index is 1.47. The predicted molar refractivity (Wildman–Crippen MR) is 123 cm³/mol. The molecule has 30 heavy (non-hydrogen) atoms. The molecule has 0 aliphatic carbocycles. The van der Waals surface area contributed by atoms with Crippen molar-refractivity contribution in [3.63, 3.8) is 0 Å². The van der Waals surface area contributed by atoms with Gasteiger partial charge in [0, 0.05) is 27.0 Å². The van der Waals surface area contributed by atoms with Gasteiger partial charge < -0.3 is 0 Å². The van der Waals surface area contributed by atoms with Crippen LogP contribution in [0.3, 0.4) is 0 Å². The van der Waals surface area contributed by atoms with Crippen LogP contribution in [0.5, 0.6) is 0 Å². The van der Waals surface area contributed by atoms with Crippen LogP contribution in [-0.2, 0) is 6.42 Å². The number of carbonyl (C=O) groups excluding carboxylic acids is 1. The largest absolute Gasteiger partial charge is 0.296 e. The summed E-state index contributed by atoms with van der Waals surface area (Å²) in [4.78, 5) is 18.0. The predicted octanol–water partition coefficient (Wildman–Crippen LogP) is 5.94. The summed E-state index contributed by atoms with van der Waals surface area (Å²) in [6.45, 7) is 1.79. The van der Waals surface area contributed by atoms with Gasteiger partial charge in [-0.15, -0.1) is 16.4 Å². The third-order valence-corrected chi connectivity index (χ3v) is 6.71. The van der Waals surface area contributed by atoms with E-state index in [-0.39, 0.29) is 11.6 Å². The maximum Gasteiger partial charge on any atom is 0.279 e. The Morgan fingerprint density at radius 1 is 1.20 bits per heavy atom. The molecule has 1 amide bonds. The summed E-state index contributed by atoms with van der Waals surface area (Å²) in [5.41, 5.74) is 2.69. The third-order valence-electron chi connectivity index (χ3n) is 4.32. The fourth-order valence-electron chi connectivity index (χ4n) is 2.82. The molecule has 2 aromatic heterocycles. The normalized spacial score (nSPS) is 10.9. The summed E-state index contributed by atoms with van der Waals surface area (Å²) < 4.78 is 2.45. The minimum Gasteiger partial charge on any atom is -0.296 e. The van der Waals surface area contributed by atoms with E-state index in [1.165, 1.54) is 11.3 Å². The van der Waals surface area contributed by atoms with Crippen molar-refractivity contribution in [1.29, 1.82) is 0 Å². The number of hydrogen-bond acceptors (Lipinski definition) is 5. The molecule has 2 heterocycles. The van der Waals surface area contributed by atoms with E-state index in [0.717, 1.165) is 20.6 Å². The topological polar surface area (TPSA) is 72.7 Å². The second kappa shape index (κ2) is 8.85. The zero-order valence-electron chi connectivity index (χ0n) is 15.6. The van der Waals surface area contributed by atoms with Crippen LogP contribution in [0.2, 0.25) is 10.0 Å². The molecular weight excluding hydrogens is 509 g/mol. The lowest BCUT2D eigenvalue weighted by Gasteiger charge is -2.04. The van der Waals surface area contributed by atoms with E-state index in [0.29, 0.717) is 27.3 Å². The summed E-state index contributed by atoms with van der Waals surface area (Å²) in [6, 6.07) is 12.9. The van der Waals surface area contributed by atoms with Gasteiger partial charge >= 0.3 is 0 Å². The van der Waals surface area contributed by atoms with Crippen LogP contribution in [0.1, 0.15) is 26.6 Å². The molecule has 4 rings (SSSR count). The molecule has 0 spiro atoms. The first kappa shape index (κ1) is 21.0. The van der Waals surface area contributed by atoms with E-state index >= 15 is 0 Å². The molecule has 0 aliphatic rings. The molecule has 6 nitrogen and oxygen atoms in total. The van der Waals surface area contributed by atoms with Crippen molar-refractivity contribution in [3.05, 3.63) is 85.0 Å². The van der Waals surface area contributed by atoms with Gasteiger partial charge in [0.25, 0.3) is 5.91 Å². The number of amides is 1. The molecule has 10 heteroatoms. The van der Waals surface area contributed by atoms with Crippen molar-refractivity contribution in [2.45, 2.75) is 13.3 Å². The van der Waals surface area contributed by atoms with Crippen LogP contribution in [0.25, 0.3) is 5.69 Å². The highest BCUT2D eigenvalue weighted by atomic mass is 79.9. The Morgan fingerprint density at radius 2 is 1.97 bits per heavy atom. The molecule has 0 fully saturated rings. The molecule has 152 valence electrons. The van der Waals surface area contributed by atoms with Gasteiger partial charge in [-0.2, -0.15) is 0 Å². The Hall–Kier alpha value is -2.26. The Morgan fingerprint density at radius 3 is 2.70 bits per heavy atom. The summed E-state index contributed by atoms with van der Waals surface area (Å²) in [5.74, 6) is -0.361. The van der Waals surface area contributed by atoms with E-state index in [2.05, 4.69) is 36.5 Å². The number of nitrogens with one attached hydrogen (secondary N) is 1. The SMILES string of the molecule is Cc1c(C(=O)Nc2ncc(Cc3ccc(Br)c(Cl)c3)s2)nnn1-c1ccc(Cl)cc1. The van der Waals surface area contributed by atoms with E-state index in [9.17, 15) is 4.79 Å². The molecule has 0 radical (unpaired) electrons. The number of aromatic nitrogens is 4. The number of halogens is 3. The van der Waals surface area contributed by atoms with Crippen molar-refractivity contribution in [3.8, 4) is 5.69 Å². The first-order valence-corrected chi connectivity index (χ1v) is 11.2. The summed E-state index contributed by atoms with van der Waals surface area (Å²) >= 11 is 16.9. The fourth-order valence-corrected chi connectivity index (χ4v) is 4.24. The average Bonchev–Trinajstić information content (AvgIpc) is 3.32. The van der Waals surface area contributed by atoms with Gasteiger partial charge in [0.2, 0.25) is 0 Å². The molecule has 0 saturated carbocycles. The Bertz CT molecular complexity index is 1220. The van der Waals surface area contributed by atoms with Crippen molar-refractivity contribution < 1.29 is 4.79 Å². The Labute approximate surface area is 195 Å². The van der Waals surface area contributed by atoms with E-state index in [1.54, 1.807) is 29.9 Å². The number of anilines is 1. The molecule has 2 aromatic carbocycles. The first-order chi connectivity index (χ1) is 14.4. The van der Waals surface area contributed by atoms with Crippen LogP contribution < -0.4 is 5.32 Å². The second-order valence-corrected chi connectivity index (χ2v) is 9.24. The lowest BCUT2D eigenvalue weighted by molar-refractivity contribution is 0.102. The molecule has 0 saturated heterocycles. The van der Waals surface area contributed by atoms with E-state index < -0.39 is 0 Å². The minimum atomic E-state index is -0.361. The zero-order chi connectivity index (χ0) is 21.3. The third kappa shape index (κ3) is 4.57. The quantitative estimate of drug-likeness (QED) is 0.351. The van der Waals surface area contributed by atoms with Crippen LogP contribution >= 0.6 is 50.5 Å².